The molecule has 98 valence electrons. The number of hydrogen-bond acceptors (Lipinski definition) is 4. The summed E-state index contributed by atoms with van der Waals surface area (Å²) in [5.74, 6) is -0.305. The molecule has 0 bridgehead atoms. The van der Waals surface area contributed by atoms with Crippen LogP contribution in [0, 0.1) is 0 Å². The van der Waals surface area contributed by atoms with Gasteiger partial charge in [-0.25, -0.2) is 9.78 Å². The molecule has 1 aromatic heterocycles. The van der Waals surface area contributed by atoms with Crippen molar-refractivity contribution in [1.82, 2.24) is 4.98 Å². The molecule has 1 aromatic carbocycles. The molecule has 0 saturated carbocycles. The van der Waals surface area contributed by atoms with Crippen LogP contribution in [0.15, 0.2) is 36.4 Å². The Kier molecular flexibility index (Phi) is 4.02. The SMILES string of the molecule is CCOC(=O)c1ccc(-c2ccc(Cl)cc2)nc1N. The van der Waals surface area contributed by atoms with Gasteiger partial charge in [-0.3, -0.25) is 0 Å². The standard InChI is InChI=1S/C14H13ClN2O2/c1-2-19-14(18)11-7-8-12(17-13(11)16)9-3-5-10(15)6-4-9/h3-8H,2H2,1H3,(H2,16,17). The van der Waals surface area contributed by atoms with Crippen LogP contribution in [0.25, 0.3) is 11.3 Å². The fourth-order valence-electron chi connectivity index (χ4n) is 1.64. The van der Waals surface area contributed by atoms with E-state index in [4.69, 9.17) is 22.1 Å². The van der Waals surface area contributed by atoms with Crippen LogP contribution in [0.2, 0.25) is 5.02 Å². The second-order valence-corrected chi connectivity index (χ2v) is 4.29. The molecule has 5 heteroatoms. The summed E-state index contributed by atoms with van der Waals surface area (Å²) in [5, 5.41) is 0.653. The smallest absolute Gasteiger partial charge is 0.341 e. The molecule has 0 spiro atoms. The normalized spacial score (nSPS) is 10.2. The molecule has 0 amide bonds. The highest BCUT2D eigenvalue weighted by molar-refractivity contribution is 6.30. The van der Waals surface area contributed by atoms with Crippen molar-refractivity contribution in [2.75, 3.05) is 12.3 Å². The Balaban J connectivity index is 2.33. The third-order valence-electron chi connectivity index (χ3n) is 2.56. The highest BCUT2D eigenvalue weighted by atomic mass is 35.5. The predicted molar refractivity (Wildman–Crippen MR) is 75.1 cm³/mol. The molecule has 19 heavy (non-hydrogen) atoms. The summed E-state index contributed by atoms with van der Waals surface area (Å²) in [5.41, 5.74) is 7.62. The molecule has 0 fully saturated rings. The summed E-state index contributed by atoms with van der Waals surface area (Å²) in [6, 6.07) is 10.6. The number of hydrogen-bond donors (Lipinski definition) is 1. The van der Waals surface area contributed by atoms with Crippen LogP contribution < -0.4 is 5.73 Å². The van der Waals surface area contributed by atoms with Gasteiger partial charge in [-0.1, -0.05) is 23.7 Å². The number of nitrogens with zero attached hydrogens (tertiary/aromatic N) is 1. The van der Waals surface area contributed by atoms with Crippen LogP contribution in [-0.2, 0) is 4.74 Å². The van der Waals surface area contributed by atoms with Gasteiger partial charge >= 0.3 is 5.97 Å². The van der Waals surface area contributed by atoms with E-state index in [1.807, 2.05) is 12.1 Å². The Morgan fingerprint density at radius 1 is 1.26 bits per heavy atom. The minimum Gasteiger partial charge on any atom is -0.462 e. The lowest BCUT2D eigenvalue weighted by molar-refractivity contribution is 0.0527. The summed E-state index contributed by atoms with van der Waals surface area (Å²) < 4.78 is 4.89. The van der Waals surface area contributed by atoms with Gasteiger partial charge < -0.3 is 10.5 Å². The van der Waals surface area contributed by atoms with Gasteiger partial charge in [-0.2, -0.15) is 0 Å². The zero-order valence-corrected chi connectivity index (χ0v) is 11.1. The Labute approximate surface area is 116 Å². The number of esters is 1. The molecule has 1 heterocycles. The van der Waals surface area contributed by atoms with E-state index in [1.54, 1.807) is 31.2 Å². The second-order valence-electron chi connectivity index (χ2n) is 3.86. The first kappa shape index (κ1) is 13.4. The molecule has 0 saturated heterocycles. The first-order valence-electron chi connectivity index (χ1n) is 5.81. The number of benzene rings is 1. The molecule has 2 aromatic rings. The highest BCUT2D eigenvalue weighted by Crippen LogP contribution is 2.22. The molecule has 0 aliphatic rings. The van der Waals surface area contributed by atoms with Crippen molar-refractivity contribution in [1.29, 1.82) is 0 Å². The largest absolute Gasteiger partial charge is 0.462 e. The van der Waals surface area contributed by atoms with Crippen molar-refractivity contribution in [3.05, 3.63) is 47.0 Å². The van der Waals surface area contributed by atoms with Gasteiger partial charge in [-0.15, -0.1) is 0 Å². The lowest BCUT2D eigenvalue weighted by Gasteiger charge is -2.07. The molecule has 0 atom stereocenters. The molecule has 2 rings (SSSR count). The van der Waals surface area contributed by atoms with E-state index in [9.17, 15) is 4.79 Å². The Morgan fingerprint density at radius 3 is 2.53 bits per heavy atom. The zero-order valence-electron chi connectivity index (χ0n) is 10.4. The zero-order chi connectivity index (χ0) is 13.8. The lowest BCUT2D eigenvalue weighted by atomic mass is 10.1. The average molecular weight is 277 g/mol. The summed E-state index contributed by atoms with van der Waals surface area (Å²) in [7, 11) is 0. The van der Waals surface area contributed by atoms with Gasteiger partial charge in [0.1, 0.15) is 11.4 Å². The van der Waals surface area contributed by atoms with Gasteiger partial charge in [0.15, 0.2) is 0 Å². The van der Waals surface area contributed by atoms with Crippen molar-refractivity contribution < 1.29 is 9.53 Å². The summed E-state index contributed by atoms with van der Waals surface area (Å²) in [6.07, 6.45) is 0. The maximum Gasteiger partial charge on any atom is 0.341 e. The number of ether oxygens (including phenoxy) is 1. The third-order valence-corrected chi connectivity index (χ3v) is 2.81. The average Bonchev–Trinajstić information content (AvgIpc) is 2.39. The number of halogens is 1. The van der Waals surface area contributed by atoms with Crippen LogP contribution >= 0.6 is 11.6 Å². The van der Waals surface area contributed by atoms with E-state index >= 15 is 0 Å². The quantitative estimate of drug-likeness (QED) is 0.875. The molecule has 0 aliphatic heterocycles. The summed E-state index contributed by atoms with van der Waals surface area (Å²) >= 11 is 5.83. The molecular formula is C14H13ClN2O2. The van der Waals surface area contributed by atoms with Crippen LogP contribution in [0.3, 0.4) is 0 Å². The maximum absolute atomic E-state index is 11.6. The molecule has 2 N–H and O–H groups in total. The van der Waals surface area contributed by atoms with Gasteiger partial charge in [0.25, 0.3) is 0 Å². The van der Waals surface area contributed by atoms with Gasteiger partial charge in [0.2, 0.25) is 0 Å². The van der Waals surface area contributed by atoms with Crippen molar-refractivity contribution in [3.8, 4) is 11.3 Å². The predicted octanol–water partition coefficient (Wildman–Crippen LogP) is 3.16. The number of rotatable bonds is 3. The van der Waals surface area contributed by atoms with Crippen molar-refractivity contribution in [2.24, 2.45) is 0 Å². The van der Waals surface area contributed by atoms with E-state index in [0.29, 0.717) is 17.3 Å². The highest BCUT2D eigenvalue weighted by Gasteiger charge is 2.12. The number of carbonyl (C=O) groups is 1. The van der Waals surface area contributed by atoms with Crippen LogP contribution in [0.5, 0.6) is 0 Å². The monoisotopic (exact) mass is 276 g/mol. The number of pyridine rings is 1. The summed E-state index contributed by atoms with van der Waals surface area (Å²) in [6.45, 7) is 2.04. The first-order chi connectivity index (χ1) is 9.11. The second kappa shape index (κ2) is 5.71. The number of anilines is 1. The van der Waals surface area contributed by atoms with Crippen LogP contribution in [0.4, 0.5) is 5.82 Å². The van der Waals surface area contributed by atoms with Crippen LogP contribution in [-0.4, -0.2) is 17.6 Å². The fraction of sp³-hybridized carbons (Fsp3) is 0.143. The Bertz CT molecular complexity index is 597. The van der Waals surface area contributed by atoms with E-state index < -0.39 is 5.97 Å². The van der Waals surface area contributed by atoms with E-state index in [1.165, 1.54) is 0 Å². The molecular weight excluding hydrogens is 264 g/mol. The minimum atomic E-state index is -0.463. The molecule has 4 nitrogen and oxygen atoms in total. The third kappa shape index (κ3) is 3.03. The maximum atomic E-state index is 11.6. The van der Waals surface area contributed by atoms with Crippen molar-refractivity contribution in [2.45, 2.75) is 6.92 Å². The molecule has 0 radical (unpaired) electrons. The number of nitrogens with two attached hydrogens (primary N) is 1. The number of aromatic nitrogens is 1. The first-order valence-corrected chi connectivity index (χ1v) is 6.19. The lowest BCUT2D eigenvalue weighted by Crippen LogP contribution is -2.09. The number of carbonyl (C=O) groups excluding carboxylic acids is 1. The Hall–Kier alpha value is -2.07. The van der Waals surface area contributed by atoms with Crippen molar-refractivity contribution in [3.63, 3.8) is 0 Å². The minimum absolute atomic E-state index is 0.158. The summed E-state index contributed by atoms with van der Waals surface area (Å²) in [4.78, 5) is 15.8. The fourth-order valence-corrected chi connectivity index (χ4v) is 1.76. The van der Waals surface area contributed by atoms with Gasteiger partial charge in [0.05, 0.1) is 12.3 Å². The number of nitrogen functional groups attached to an aromatic ring is 1. The van der Waals surface area contributed by atoms with Gasteiger partial charge in [0, 0.05) is 10.6 Å². The van der Waals surface area contributed by atoms with E-state index in [0.717, 1.165) is 5.56 Å². The molecule has 0 aliphatic carbocycles. The molecule has 0 unspecified atom stereocenters. The van der Waals surface area contributed by atoms with E-state index in [-0.39, 0.29) is 11.4 Å². The van der Waals surface area contributed by atoms with Crippen LogP contribution in [0.1, 0.15) is 17.3 Å². The Morgan fingerprint density at radius 2 is 1.95 bits per heavy atom. The topological polar surface area (TPSA) is 65.2 Å². The van der Waals surface area contributed by atoms with E-state index in [2.05, 4.69) is 4.98 Å². The van der Waals surface area contributed by atoms with Crippen molar-refractivity contribution >= 4 is 23.4 Å². The van der Waals surface area contributed by atoms with Gasteiger partial charge in [-0.05, 0) is 31.2 Å².